The van der Waals surface area contributed by atoms with Gasteiger partial charge in [0.05, 0.1) is 0 Å². The molecule has 0 amide bonds. The molecule has 0 saturated carbocycles. The molecule has 0 spiro atoms. The van der Waals surface area contributed by atoms with E-state index in [2.05, 4.69) is 75.7 Å². The summed E-state index contributed by atoms with van der Waals surface area (Å²) in [6.07, 6.45) is 0. The highest BCUT2D eigenvalue weighted by Gasteiger charge is 2.00. The van der Waals surface area contributed by atoms with Gasteiger partial charge in [0.2, 0.25) is 0 Å². The van der Waals surface area contributed by atoms with Crippen molar-refractivity contribution in [2.75, 3.05) is 14.1 Å². The zero-order valence-corrected chi connectivity index (χ0v) is 10.9. The zero-order valence-electron chi connectivity index (χ0n) is 7.14. The van der Waals surface area contributed by atoms with Crippen molar-refractivity contribution < 1.29 is 0 Å². The van der Waals surface area contributed by atoms with Crippen LogP contribution in [0.3, 0.4) is 0 Å². The second-order valence-electron chi connectivity index (χ2n) is 2.97. The first-order chi connectivity index (χ1) is 5.59. The Labute approximate surface area is 95.4 Å². The highest BCUT2D eigenvalue weighted by atomic mass is 127. The Morgan fingerprint density at radius 2 is 2.08 bits per heavy atom. The molecule has 0 aliphatic heterocycles. The first-order valence-electron chi connectivity index (χ1n) is 3.68. The quantitative estimate of drug-likeness (QED) is 0.748. The highest BCUT2D eigenvalue weighted by molar-refractivity contribution is 14.1. The monoisotopic (exact) mass is 339 g/mol. The predicted octanol–water partition coefficient (Wildman–Crippen LogP) is 3.12. The lowest BCUT2D eigenvalue weighted by atomic mass is 10.2. The molecule has 1 rings (SSSR count). The standard InChI is InChI=1S/C9H11BrIN/c1-12(2)6-7-3-4-8(11)5-9(7)10/h3-5H,6H2,1-2H3. The average Bonchev–Trinajstić information content (AvgIpc) is 1.94. The van der Waals surface area contributed by atoms with Crippen LogP contribution in [0.15, 0.2) is 22.7 Å². The first kappa shape index (κ1) is 10.5. The fourth-order valence-electron chi connectivity index (χ4n) is 0.991. The van der Waals surface area contributed by atoms with Crippen LogP contribution < -0.4 is 0 Å². The minimum Gasteiger partial charge on any atom is -0.305 e. The molecule has 66 valence electrons. The van der Waals surface area contributed by atoms with Gasteiger partial charge < -0.3 is 4.90 Å². The Hall–Kier alpha value is 0.390. The molecule has 0 N–H and O–H groups in total. The maximum absolute atomic E-state index is 3.54. The lowest BCUT2D eigenvalue weighted by molar-refractivity contribution is 0.401. The Kier molecular flexibility index (Phi) is 3.99. The topological polar surface area (TPSA) is 3.24 Å². The van der Waals surface area contributed by atoms with Gasteiger partial charge in [0.15, 0.2) is 0 Å². The molecule has 0 aliphatic carbocycles. The van der Waals surface area contributed by atoms with E-state index in [1.807, 2.05) is 0 Å². The molecule has 0 fully saturated rings. The van der Waals surface area contributed by atoms with Gasteiger partial charge in [0, 0.05) is 14.6 Å². The van der Waals surface area contributed by atoms with Gasteiger partial charge in [-0.05, 0) is 54.4 Å². The molecule has 1 aromatic carbocycles. The summed E-state index contributed by atoms with van der Waals surface area (Å²) in [6.45, 7) is 0.984. The van der Waals surface area contributed by atoms with Crippen molar-refractivity contribution in [1.82, 2.24) is 4.90 Å². The van der Waals surface area contributed by atoms with Crippen LogP contribution >= 0.6 is 38.5 Å². The number of nitrogens with zero attached hydrogens (tertiary/aromatic N) is 1. The van der Waals surface area contributed by atoms with Gasteiger partial charge in [-0.25, -0.2) is 0 Å². The summed E-state index contributed by atoms with van der Waals surface area (Å²) in [4.78, 5) is 2.16. The van der Waals surface area contributed by atoms with E-state index in [1.54, 1.807) is 0 Å². The highest BCUT2D eigenvalue weighted by Crippen LogP contribution is 2.20. The van der Waals surface area contributed by atoms with E-state index in [0.717, 1.165) is 6.54 Å². The van der Waals surface area contributed by atoms with Crippen molar-refractivity contribution in [2.45, 2.75) is 6.54 Å². The number of halogens is 2. The summed E-state index contributed by atoms with van der Waals surface area (Å²) >= 11 is 5.86. The molecule has 1 aromatic rings. The van der Waals surface area contributed by atoms with Crippen LogP contribution in [0.4, 0.5) is 0 Å². The maximum atomic E-state index is 3.54. The van der Waals surface area contributed by atoms with Crippen molar-refractivity contribution in [2.24, 2.45) is 0 Å². The molecule has 0 bridgehead atoms. The third-order valence-electron chi connectivity index (χ3n) is 1.50. The molecule has 0 radical (unpaired) electrons. The van der Waals surface area contributed by atoms with E-state index in [1.165, 1.54) is 13.6 Å². The van der Waals surface area contributed by atoms with Crippen LogP contribution in [0.1, 0.15) is 5.56 Å². The van der Waals surface area contributed by atoms with E-state index in [4.69, 9.17) is 0 Å². The van der Waals surface area contributed by atoms with E-state index < -0.39 is 0 Å². The van der Waals surface area contributed by atoms with E-state index in [0.29, 0.717) is 0 Å². The normalized spacial score (nSPS) is 10.8. The lowest BCUT2D eigenvalue weighted by Gasteiger charge is -2.11. The zero-order chi connectivity index (χ0) is 9.14. The Morgan fingerprint density at radius 1 is 1.42 bits per heavy atom. The van der Waals surface area contributed by atoms with Crippen molar-refractivity contribution in [1.29, 1.82) is 0 Å². The minimum absolute atomic E-state index is 0.984. The van der Waals surface area contributed by atoms with Gasteiger partial charge in [-0.3, -0.25) is 0 Å². The fourth-order valence-corrected chi connectivity index (χ4v) is 2.41. The molecular formula is C9H11BrIN. The summed E-state index contributed by atoms with van der Waals surface area (Å²) in [5.41, 5.74) is 1.33. The second-order valence-corrected chi connectivity index (χ2v) is 5.07. The third-order valence-corrected chi connectivity index (χ3v) is 2.91. The van der Waals surface area contributed by atoms with Crippen molar-refractivity contribution in [3.8, 4) is 0 Å². The van der Waals surface area contributed by atoms with Gasteiger partial charge in [0.1, 0.15) is 0 Å². The largest absolute Gasteiger partial charge is 0.305 e. The van der Waals surface area contributed by atoms with Gasteiger partial charge in [-0.2, -0.15) is 0 Å². The summed E-state index contributed by atoms with van der Waals surface area (Å²) in [6, 6.07) is 6.43. The number of hydrogen-bond donors (Lipinski definition) is 0. The van der Waals surface area contributed by atoms with Crippen LogP contribution in [0.5, 0.6) is 0 Å². The molecule has 0 aromatic heterocycles. The molecule has 0 heterocycles. The molecule has 0 saturated heterocycles. The number of hydrogen-bond acceptors (Lipinski definition) is 1. The molecule has 12 heavy (non-hydrogen) atoms. The minimum atomic E-state index is 0.984. The molecule has 0 atom stereocenters. The Balaban J connectivity index is 2.86. The van der Waals surface area contributed by atoms with E-state index >= 15 is 0 Å². The van der Waals surface area contributed by atoms with Gasteiger partial charge in [-0.1, -0.05) is 22.0 Å². The SMILES string of the molecule is CN(C)Cc1ccc(I)cc1Br. The molecular weight excluding hydrogens is 329 g/mol. The Morgan fingerprint density at radius 3 is 2.58 bits per heavy atom. The molecule has 0 unspecified atom stereocenters. The number of benzene rings is 1. The first-order valence-corrected chi connectivity index (χ1v) is 5.55. The van der Waals surface area contributed by atoms with Crippen LogP contribution in [0.2, 0.25) is 0 Å². The van der Waals surface area contributed by atoms with E-state index in [-0.39, 0.29) is 0 Å². The summed E-state index contributed by atoms with van der Waals surface area (Å²) < 4.78 is 2.46. The van der Waals surface area contributed by atoms with Crippen LogP contribution in [-0.4, -0.2) is 19.0 Å². The van der Waals surface area contributed by atoms with Crippen LogP contribution in [0, 0.1) is 3.57 Å². The van der Waals surface area contributed by atoms with Crippen molar-refractivity contribution in [3.05, 3.63) is 31.8 Å². The van der Waals surface area contributed by atoms with Crippen LogP contribution in [-0.2, 0) is 6.54 Å². The van der Waals surface area contributed by atoms with Crippen molar-refractivity contribution in [3.63, 3.8) is 0 Å². The summed E-state index contributed by atoms with van der Waals surface area (Å²) in [5.74, 6) is 0. The third kappa shape index (κ3) is 3.03. The lowest BCUT2D eigenvalue weighted by Crippen LogP contribution is -2.10. The van der Waals surface area contributed by atoms with Crippen LogP contribution in [0.25, 0.3) is 0 Å². The predicted molar refractivity (Wildman–Crippen MR) is 64.3 cm³/mol. The maximum Gasteiger partial charge on any atom is 0.0238 e. The average molecular weight is 340 g/mol. The summed E-state index contributed by atoms with van der Waals surface area (Å²) in [7, 11) is 4.15. The van der Waals surface area contributed by atoms with E-state index in [9.17, 15) is 0 Å². The Bertz CT molecular complexity index is 273. The van der Waals surface area contributed by atoms with Gasteiger partial charge in [-0.15, -0.1) is 0 Å². The summed E-state index contributed by atoms with van der Waals surface area (Å²) in [5, 5.41) is 0. The second kappa shape index (κ2) is 4.58. The fraction of sp³-hybridized carbons (Fsp3) is 0.333. The smallest absolute Gasteiger partial charge is 0.0238 e. The van der Waals surface area contributed by atoms with Crippen molar-refractivity contribution >= 4 is 38.5 Å². The van der Waals surface area contributed by atoms with Gasteiger partial charge in [0.25, 0.3) is 0 Å². The van der Waals surface area contributed by atoms with Gasteiger partial charge >= 0.3 is 0 Å². The molecule has 0 aliphatic rings. The molecule has 3 heteroatoms. The number of rotatable bonds is 2. The molecule has 1 nitrogen and oxygen atoms in total.